The molecule has 3 N–H and O–H groups in total. The molecule has 0 radical (unpaired) electrons. The van der Waals surface area contributed by atoms with Gasteiger partial charge in [-0.25, -0.2) is 9.97 Å². The number of nitrogens with zero attached hydrogens (tertiary/aromatic N) is 4. The molecule has 0 spiro atoms. The van der Waals surface area contributed by atoms with E-state index in [1.165, 1.54) is 0 Å². The fourth-order valence-electron chi connectivity index (χ4n) is 4.02. The van der Waals surface area contributed by atoms with Crippen LogP contribution in [0.25, 0.3) is 22.2 Å². The monoisotopic (exact) mass is 399 g/mol. The van der Waals surface area contributed by atoms with Gasteiger partial charge < -0.3 is 15.6 Å². The predicted molar refractivity (Wildman–Crippen MR) is 119 cm³/mol. The Kier molecular flexibility index (Phi) is 4.88. The number of aromatic amines is 1. The molecule has 4 aromatic heterocycles. The maximum atomic E-state index is 4.98. The minimum atomic E-state index is 0.288. The summed E-state index contributed by atoms with van der Waals surface area (Å²) in [6.45, 7) is 5.15. The Morgan fingerprint density at radius 1 is 1.03 bits per heavy atom. The number of piperidine rings is 1. The average molecular weight is 400 g/mol. The summed E-state index contributed by atoms with van der Waals surface area (Å²) in [5.74, 6) is 1.92. The quantitative estimate of drug-likeness (QED) is 0.473. The number of nitrogens with one attached hydrogen (secondary N) is 3. The number of fused-ring (bicyclic) bond motifs is 1. The smallest absolute Gasteiger partial charge is 0.135 e. The standard InChI is InChI=1S/C23H25N7/c1-14-7-17(11-24-9-14)28-22-8-20(19-12-25-13-21-18(19)5-6-26-21)29-23(30-22)16-4-3-15(2)27-10-16/h5-9,11-13,15-16,26-27H,3-4,10H2,1-2H3,(H,28,29,30)/t15-,16+/m0/s1. The summed E-state index contributed by atoms with van der Waals surface area (Å²) < 4.78 is 0. The second-order valence-electron chi connectivity index (χ2n) is 8.08. The Balaban J connectivity index is 1.58. The topological polar surface area (TPSA) is 91.4 Å². The Hall–Kier alpha value is -3.32. The van der Waals surface area contributed by atoms with E-state index in [2.05, 4.69) is 44.6 Å². The van der Waals surface area contributed by atoms with Gasteiger partial charge in [-0.15, -0.1) is 0 Å². The zero-order valence-electron chi connectivity index (χ0n) is 17.2. The van der Waals surface area contributed by atoms with E-state index in [-0.39, 0.29) is 5.92 Å². The second-order valence-corrected chi connectivity index (χ2v) is 8.08. The molecule has 1 aliphatic rings. The van der Waals surface area contributed by atoms with E-state index in [1.807, 2.05) is 44.0 Å². The summed E-state index contributed by atoms with van der Waals surface area (Å²) in [6.07, 6.45) is 11.5. The number of aryl methyl sites for hydroxylation is 1. The van der Waals surface area contributed by atoms with Crippen LogP contribution in [0.5, 0.6) is 0 Å². The first-order chi connectivity index (χ1) is 14.7. The maximum Gasteiger partial charge on any atom is 0.135 e. The summed E-state index contributed by atoms with van der Waals surface area (Å²) in [5.41, 5.74) is 4.89. The second kappa shape index (κ2) is 7.84. The van der Waals surface area contributed by atoms with Gasteiger partial charge >= 0.3 is 0 Å². The molecule has 152 valence electrons. The van der Waals surface area contributed by atoms with Crippen LogP contribution in [-0.4, -0.2) is 37.5 Å². The molecule has 0 saturated carbocycles. The van der Waals surface area contributed by atoms with Crippen molar-refractivity contribution in [1.29, 1.82) is 0 Å². The third kappa shape index (κ3) is 3.76. The van der Waals surface area contributed by atoms with Crippen LogP contribution in [0.2, 0.25) is 0 Å². The Labute approximate surface area is 175 Å². The number of pyridine rings is 2. The molecular weight excluding hydrogens is 374 g/mol. The van der Waals surface area contributed by atoms with Crippen molar-refractivity contribution in [2.45, 2.75) is 38.6 Å². The third-order valence-corrected chi connectivity index (χ3v) is 5.67. The van der Waals surface area contributed by atoms with E-state index in [4.69, 9.17) is 9.97 Å². The number of H-pyrrole nitrogens is 1. The van der Waals surface area contributed by atoms with Gasteiger partial charge in [0.25, 0.3) is 0 Å². The minimum Gasteiger partial charge on any atom is -0.360 e. The van der Waals surface area contributed by atoms with Crippen LogP contribution < -0.4 is 10.6 Å². The first kappa shape index (κ1) is 18.7. The van der Waals surface area contributed by atoms with Crippen LogP contribution in [0.4, 0.5) is 11.5 Å². The molecule has 5 rings (SSSR count). The maximum absolute atomic E-state index is 4.98. The minimum absolute atomic E-state index is 0.288. The van der Waals surface area contributed by atoms with Crippen LogP contribution in [0, 0.1) is 6.92 Å². The van der Waals surface area contributed by atoms with Crippen molar-refractivity contribution >= 4 is 22.4 Å². The summed E-state index contributed by atoms with van der Waals surface area (Å²) >= 11 is 0. The van der Waals surface area contributed by atoms with Crippen LogP contribution in [0.1, 0.15) is 37.1 Å². The van der Waals surface area contributed by atoms with Crippen molar-refractivity contribution < 1.29 is 0 Å². The van der Waals surface area contributed by atoms with Gasteiger partial charge in [0, 0.05) is 54.1 Å². The van der Waals surface area contributed by atoms with Gasteiger partial charge in [0.15, 0.2) is 0 Å². The van der Waals surface area contributed by atoms with Crippen molar-refractivity contribution in [3.63, 3.8) is 0 Å². The lowest BCUT2D eigenvalue weighted by Gasteiger charge is -2.27. The normalized spacial score (nSPS) is 19.1. The highest BCUT2D eigenvalue weighted by atomic mass is 15.1. The van der Waals surface area contributed by atoms with Crippen LogP contribution in [-0.2, 0) is 0 Å². The van der Waals surface area contributed by atoms with Crippen LogP contribution in [0.15, 0.2) is 49.2 Å². The number of aromatic nitrogens is 5. The van der Waals surface area contributed by atoms with Crippen molar-refractivity contribution in [3.05, 3.63) is 60.6 Å². The lowest BCUT2D eigenvalue weighted by atomic mass is 9.94. The van der Waals surface area contributed by atoms with Gasteiger partial charge in [0.2, 0.25) is 0 Å². The van der Waals surface area contributed by atoms with E-state index in [9.17, 15) is 0 Å². The molecule has 7 heteroatoms. The molecule has 1 saturated heterocycles. The van der Waals surface area contributed by atoms with Crippen molar-refractivity contribution in [3.8, 4) is 11.3 Å². The largest absolute Gasteiger partial charge is 0.360 e. The molecule has 0 aliphatic carbocycles. The molecule has 5 heterocycles. The molecule has 0 aromatic carbocycles. The fraction of sp³-hybridized carbons (Fsp3) is 0.304. The molecule has 7 nitrogen and oxygen atoms in total. The van der Waals surface area contributed by atoms with Gasteiger partial charge in [-0.1, -0.05) is 0 Å². The van der Waals surface area contributed by atoms with E-state index in [0.29, 0.717) is 6.04 Å². The number of hydrogen-bond acceptors (Lipinski definition) is 6. The molecule has 1 fully saturated rings. The van der Waals surface area contributed by atoms with Gasteiger partial charge in [-0.05, 0) is 44.4 Å². The zero-order valence-corrected chi connectivity index (χ0v) is 17.2. The van der Waals surface area contributed by atoms with Crippen molar-refractivity contribution in [2.24, 2.45) is 0 Å². The Morgan fingerprint density at radius 3 is 2.77 bits per heavy atom. The number of hydrogen-bond donors (Lipinski definition) is 3. The summed E-state index contributed by atoms with van der Waals surface area (Å²) in [6, 6.07) is 6.66. The molecule has 0 bridgehead atoms. The summed E-state index contributed by atoms with van der Waals surface area (Å²) in [4.78, 5) is 21.8. The number of anilines is 2. The fourth-order valence-corrected chi connectivity index (χ4v) is 4.02. The highest BCUT2D eigenvalue weighted by Gasteiger charge is 2.23. The van der Waals surface area contributed by atoms with E-state index in [1.54, 1.807) is 0 Å². The van der Waals surface area contributed by atoms with Crippen molar-refractivity contribution in [2.75, 3.05) is 11.9 Å². The predicted octanol–water partition coefficient (Wildman–Crippen LogP) is 4.32. The van der Waals surface area contributed by atoms with Crippen LogP contribution >= 0.6 is 0 Å². The van der Waals surface area contributed by atoms with Crippen LogP contribution in [0.3, 0.4) is 0 Å². The lowest BCUT2D eigenvalue weighted by molar-refractivity contribution is 0.376. The zero-order chi connectivity index (χ0) is 20.5. The van der Waals surface area contributed by atoms with Gasteiger partial charge in [-0.2, -0.15) is 0 Å². The Bertz CT molecular complexity index is 1180. The highest BCUT2D eigenvalue weighted by molar-refractivity contribution is 5.93. The van der Waals surface area contributed by atoms with Gasteiger partial charge in [0.1, 0.15) is 11.6 Å². The molecule has 0 unspecified atom stereocenters. The third-order valence-electron chi connectivity index (χ3n) is 5.67. The number of rotatable bonds is 4. The Morgan fingerprint density at radius 2 is 1.93 bits per heavy atom. The van der Waals surface area contributed by atoms with Gasteiger partial charge in [0.05, 0.1) is 29.3 Å². The summed E-state index contributed by atoms with van der Waals surface area (Å²) in [5, 5.41) is 8.09. The molecule has 2 atom stereocenters. The average Bonchev–Trinajstić information content (AvgIpc) is 3.23. The van der Waals surface area contributed by atoms with E-state index < -0.39 is 0 Å². The molecular formula is C23H25N7. The molecule has 4 aromatic rings. The van der Waals surface area contributed by atoms with E-state index >= 15 is 0 Å². The molecule has 30 heavy (non-hydrogen) atoms. The summed E-state index contributed by atoms with van der Waals surface area (Å²) in [7, 11) is 0. The van der Waals surface area contributed by atoms with E-state index in [0.717, 1.165) is 64.4 Å². The van der Waals surface area contributed by atoms with Crippen molar-refractivity contribution in [1.82, 2.24) is 30.2 Å². The molecule has 0 amide bonds. The first-order valence-corrected chi connectivity index (χ1v) is 10.4. The first-order valence-electron chi connectivity index (χ1n) is 10.4. The molecule has 1 aliphatic heterocycles. The lowest BCUT2D eigenvalue weighted by Crippen LogP contribution is -2.36. The highest BCUT2D eigenvalue weighted by Crippen LogP contribution is 2.31. The van der Waals surface area contributed by atoms with Gasteiger partial charge in [-0.3, -0.25) is 9.97 Å². The SMILES string of the molecule is Cc1cncc(Nc2cc(-c3cncc4[nH]ccc34)nc([C@@H]3CC[C@H](C)NC3)n2)c1.